The molecular formula is C21H22N2O3. The third kappa shape index (κ3) is 4.30. The molecule has 0 aliphatic carbocycles. The van der Waals surface area contributed by atoms with Gasteiger partial charge in [0.25, 0.3) is 5.56 Å². The Labute approximate surface area is 152 Å². The van der Waals surface area contributed by atoms with Crippen molar-refractivity contribution in [2.45, 2.75) is 26.8 Å². The molecule has 2 N–H and O–H groups in total. The number of H-pyrrole nitrogens is 1. The van der Waals surface area contributed by atoms with Gasteiger partial charge in [-0.3, -0.25) is 9.59 Å². The molecule has 0 spiro atoms. The van der Waals surface area contributed by atoms with Gasteiger partial charge in [0.1, 0.15) is 5.75 Å². The number of fused-ring (bicyclic) bond motifs is 1. The summed E-state index contributed by atoms with van der Waals surface area (Å²) < 4.78 is 5.51. The van der Waals surface area contributed by atoms with Crippen LogP contribution in [-0.2, 0) is 11.3 Å². The summed E-state index contributed by atoms with van der Waals surface area (Å²) in [4.78, 5) is 27.1. The second kappa shape index (κ2) is 7.87. The van der Waals surface area contributed by atoms with Gasteiger partial charge in [0.2, 0.25) is 5.91 Å². The van der Waals surface area contributed by atoms with E-state index in [0.29, 0.717) is 12.2 Å². The van der Waals surface area contributed by atoms with Crippen molar-refractivity contribution in [1.82, 2.24) is 10.3 Å². The number of amides is 1. The number of nitrogens with one attached hydrogen (secondary N) is 2. The Morgan fingerprint density at radius 1 is 1.12 bits per heavy atom. The van der Waals surface area contributed by atoms with Gasteiger partial charge in [-0.05, 0) is 49.1 Å². The van der Waals surface area contributed by atoms with Crippen LogP contribution < -0.4 is 15.6 Å². The van der Waals surface area contributed by atoms with Crippen LogP contribution in [0.15, 0.2) is 53.3 Å². The molecule has 3 rings (SSSR count). The number of hydrogen-bond acceptors (Lipinski definition) is 3. The summed E-state index contributed by atoms with van der Waals surface area (Å²) in [5, 5.41) is 3.75. The van der Waals surface area contributed by atoms with Crippen LogP contribution in [-0.4, -0.2) is 17.5 Å². The lowest BCUT2D eigenvalue weighted by molar-refractivity contribution is -0.121. The number of rotatable bonds is 6. The summed E-state index contributed by atoms with van der Waals surface area (Å²) in [6, 6.07) is 15.3. The highest BCUT2D eigenvalue weighted by Crippen LogP contribution is 2.18. The van der Waals surface area contributed by atoms with Crippen LogP contribution in [0.25, 0.3) is 10.9 Å². The molecule has 0 unspecified atom stereocenters. The molecule has 0 saturated heterocycles. The first-order chi connectivity index (χ1) is 12.5. The summed E-state index contributed by atoms with van der Waals surface area (Å²) in [5.41, 5.74) is 3.37. The largest absolute Gasteiger partial charge is 0.493 e. The van der Waals surface area contributed by atoms with E-state index in [-0.39, 0.29) is 24.4 Å². The number of hydrogen-bond donors (Lipinski definition) is 2. The molecule has 0 aliphatic heterocycles. The van der Waals surface area contributed by atoms with Crippen LogP contribution in [0, 0.1) is 13.8 Å². The molecule has 0 aliphatic rings. The van der Waals surface area contributed by atoms with Gasteiger partial charge in [-0.2, -0.15) is 0 Å². The fourth-order valence-corrected chi connectivity index (χ4v) is 2.92. The molecule has 1 amide bonds. The molecule has 1 aromatic heterocycles. The zero-order valence-corrected chi connectivity index (χ0v) is 15.0. The van der Waals surface area contributed by atoms with Crippen molar-refractivity contribution in [2.75, 3.05) is 6.61 Å². The van der Waals surface area contributed by atoms with Crippen molar-refractivity contribution in [2.24, 2.45) is 0 Å². The topological polar surface area (TPSA) is 71.2 Å². The van der Waals surface area contributed by atoms with Crippen molar-refractivity contribution in [1.29, 1.82) is 0 Å². The molecule has 3 aromatic rings. The second-order valence-corrected chi connectivity index (χ2v) is 6.36. The van der Waals surface area contributed by atoms with Crippen LogP contribution >= 0.6 is 0 Å². The number of benzene rings is 2. The molecule has 0 bridgehead atoms. The van der Waals surface area contributed by atoms with Crippen LogP contribution in [0.1, 0.15) is 23.1 Å². The van der Waals surface area contributed by atoms with Gasteiger partial charge in [0.05, 0.1) is 18.5 Å². The summed E-state index contributed by atoms with van der Waals surface area (Å²) in [6.07, 6.45) is 0.235. The normalized spacial score (nSPS) is 10.7. The van der Waals surface area contributed by atoms with Crippen LogP contribution in [0.5, 0.6) is 5.75 Å². The molecule has 26 heavy (non-hydrogen) atoms. The standard InChI is InChI=1S/C21H22N2O3/c1-14-10-15(2)20-16(11-14)12-17(21(25)23-20)13-22-19(24)8-9-26-18-6-4-3-5-7-18/h3-7,10-12H,8-9,13H2,1-2H3,(H,22,24)(H,23,25). The van der Waals surface area contributed by atoms with E-state index in [0.717, 1.165) is 27.8 Å². The van der Waals surface area contributed by atoms with E-state index in [4.69, 9.17) is 4.74 Å². The lowest BCUT2D eigenvalue weighted by Crippen LogP contribution is -2.27. The molecule has 134 valence electrons. The maximum Gasteiger partial charge on any atom is 0.253 e. The number of carbonyl (C=O) groups excluding carboxylic acids is 1. The molecule has 0 atom stereocenters. The van der Waals surface area contributed by atoms with Gasteiger partial charge >= 0.3 is 0 Å². The molecular weight excluding hydrogens is 328 g/mol. The Morgan fingerprint density at radius 2 is 1.88 bits per heavy atom. The minimum Gasteiger partial charge on any atom is -0.493 e. The van der Waals surface area contributed by atoms with Crippen LogP contribution in [0.3, 0.4) is 0 Å². The molecule has 5 nitrogen and oxygen atoms in total. The predicted octanol–water partition coefficient (Wildman–Crippen LogP) is 3.23. The van der Waals surface area contributed by atoms with Gasteiger partial charge in [0, 0.05) is 12.1 Å². The highest BCUT2D eigenvalue weighted by atomic mass is 16.5. The van der Waals surface area contributed by atoms with E-state index in [1.807, 2.05) is 62.4 Å². The first kappa shape index (κ1) is 17.7. The zero-order valence-electron chi connectivity index (χ0n) is 15.0. The van der Waals surface area contributed by atoms with E-state index in [1.165, 1.54) is 0 Å². The van der Waals surface area contributed by atoms with Crippen molar-refractivity contribution in [3.8, 4) is 5.75 Å². The summed E-state index contributed by atoms with van der Waals surface area (Å²) in [6.45, 7) is 4.48. The summed E-state index contributed by atoms with van der Waals surface area (Å²) >= 11 is 0. The van der Waals surface area contributed by atoms with Gasteiger partial charge < -0.3 is 15.0 Å². The molecule has 0 fully saturated rings. The van der Waals surface area contributed by atoms with E-state index in [1.54, 1.807) is 0 Å². The fourth-order valence-electron chi connectivity index (χ4n) is 2.92. The molecule has 5 heteroatoms. The number of carbonyl (C=O) groups is 1. The summed E-state index contributed by atoms with van der Waals surface area (Å²) in [5.74, 6) is 0.581. The van der Waals surface area contributed by atoms with Crippen LogP contribution in [0.4, 0.5) is 0 Å². The quantitative estimate of drug-likeness (QED) is 0.717. The number of aromatic amines is 1. The first-order valence-corrected chi connectivity index (χ1v) is 8.60. The maximum absolute atomic E-state index is 12.3. The third-order valence-electron chi connectivity index (χ3n) is 4.19. The van der Waals surface area contributed by atoms with E-state index < -0.39 is 0 Å². The average Bonchev–Trinajstić information content (AvgIpc) is 2.61. The lowest BCUT2D eigenvalue weighted by Gasteiger charge is -2.09. The van der Waals surface area contributed by atoms with Crippen molar-refractivity contribution >= 4 is 16.8 Å². The average molecular weight is 350 g/mol. The molecule has 1 heterocycles. The summed E-state index contributed by atoms with van der Waals surface area (Å²) in [7, 11) is 0. The van der Waals surface area contributed by atoms with E-state index in [9.17, 15) is 9.59 Å². The number of pyridine rings is 1. The molecule has 0 saturated carbocycles. The SMILES string of the molecule is Cc1cc(C)c2[nH]c(=O)c(CNC(=O)CCOc3ccccc3)cc2c1. The third-order valence-corrected chi connectivity index (χ3v) is 4.19. The highest BCUT2D eigenvalue weighted by molar-refractivity contribution is 5.83. The number of para-hydroxylation sites is 1. The zero-order chi connectivity index (χ0) is 18.5. The van der Waals surface area contributed by atoms with Gasteiger partial charge in [-0.15, -0.1) is 0 Å². The Morgan fingerprint density at radius 3 is 2.65 bits per heavy atom. The molecule has 2 aromatic carbocycles. The molecule has 0 radical (unpaired) electrons. The van der Waals surface area contributed by atoms with Crippen LogP contribution in [0.2, 0.25) is 0 Å². The Kier molecular flexibility index (Phi) is 5.37. The highest BCUT2D eigenvalue weighted by Gasteiger charge is 2.08. The van der Waals surface area contributed by atoms with Gasteiger partial charge in [-0.25, -0.2) is 0 Å². The predicted molar refractivity (Wildman–Crippen MR) is 102 cm³/mol. The van der Waals surface area contributed by atoms with Crippen molar-refractivity contribution in [3.05, 3.63) is 75.6 Å². The number of aryl methyl sites for hydroxylation is 2. The Hall–Kier alpha value is -3.08. The van der Waals surface area contributed by atoms with Crippen molar-refractivity contribution in [3.63, 3.8) is 0 Å². The second-order valence-electron chi connectivity index (χ2n) is 6.36. The van der Waals surface area contributed by atoms with Gasteiger partial charge in [-0.1, -0.05) is 29.8 Å². The number of ether oxygens (including phenoxy) is 1. The van der Waals surface area contributed by atoms with Gasteiger partial charge in [0.15, 0.2) is 0 Å². The van der Waals surface area contributed by atoms with E-state index >= 15 is 0 Å². The number of aromatic nitrogens is 1. The smallest absolute Gasteiger partial charge is 0.253 e. The minimum atomic E-state index is -0.176. The maximum atomic E-state index is 12.3. The Bertz CT molecular complexity index is 978. The van der Waals surface area contributed by atoms with E-state index in [2.05, 4.69) is 10.3 Å². The minimum absolute atomic E-state index is 0.152. The Balaban J connectivity index is 1.59. The fraction of sp³-hybridized carbons (Fsp3) is 0.238. The van der Waals surface area contributed by atoms with Crippen molar-refractivity contribution < 1.29 is 9.53 Å². The first-order valence-electron chi connectivity index (χ1n) is 8.60. The lowest BCUT2D eigenvalue weighted by atomic mass is 10.1. The monoisotopic (exact) mass is 350 g/mol.